The quantitative estimate of drug-likeness (QED) is 0.651. The summed E-state index contributed by atoms with van der Waals surface area (Å²) < 4.78 is 0.990. The summed E-state index contributed by atoms with van der Waals surface area (Å²) >= 11 is 9.56. The highest BCUT2D eigenvalue weighted by molar-refractivity contribution is 9.10. The van der Waals surface area contributed by atoms with Gasteiger partial charge in [-0.3, -0.25) is 4.79 Å². The predicted molar refractivity (Wildman–Crippen MR) is 94.9 cm³/mol. The Hall–Kier alpha value is -1.32. The molecule has 114 valence electrons. The van der Waals surface area contributed by atoms with Crippen LogP contribution in [-0.4, -0.2) is 12.5 Å². The Labute approximate surface area is 144 Å². The molecular formula is C18H17BrClNO. The van der Waals surface area contributed by atoms with Crippen molar-refractivity contribution in [3.8, 4) is 0 Å². The van der Waals surface area contributed by atoms with E-state index >= 15 is 0 Å². The second kappa shape index (κ2) is 6.43. The van der Waals surface area contributed by atoms with Gasteiger partial charge in [0.15, 0.2) is 0 Å². The van der Waals surface area contributed by atoms with Crippen molar-refractivity contribution in [2.45, 2.75) is 26.2 Å². The summed E-state index contributed by atoms with van der Waals surface area (Å²) in [6, 6.07) is 11.6. The molecule has 1 heterocycles. The molecule has 0 saturated heterocycles. The molecule has 0 aromatic heterocycles. The number of aryl methyl sites for hydroxylation is 2. The highest BCUT2D eigenvalue weighted by atomic mass is 79.9. The summed E-state index contributed by atoms with van der Waals surface area (Å²) in [6.07, 6.45) is 3.06. The van der Waals surface area contributed by atoms with Crippen molar-refractivity contribution < 1.29 is 4.79 Å². The number of amides is 1. The third-order valence-electron chi connectivity index (χ3n) is 4.07. The maximum Gasteiger partial charge on any atom is 0.258 e. The van der Waals surface area contributed by atoms with Crippen molar-refractivity contribution in [1.29, 1.82) is 0 Å². The fourth-order valence-electron chi connectivity index (χ4n) is 2.95. The van der Waals surface area contributed by atoms with Crippen molar-refractivity contribution in [2.24, 2.45) is 0 Å². The zero-order valence-electron chi connectivity index (χ0n) is 12.4. The third-order valence-corrected chi connectivity index (χ3v) is 4.80. The molecule has 0 unspecified atom stereocenters. The molecule has 0 radical (unpaired) electrons. The van der Waals surface area contributed by atoms with Crippen LogP contribution in [0.3, 0.4) is 0 Å². The normalized spacial score (nSPS) is 14.4. The zero-order valence-corrected chi connectivity index (χ0v) is 14.7. The molecule has 1 amide bonds. The van der Waals surface area contributed by atoms with Crippen LogP contribution in [0, 0.1) is 6.92 Å². The number of halogens is 2. The molecule has 0 N–H and O–H groups in total. The lowest BCUT2D eigenvalue weighted by atomic mass is 10.1. The van der Waals surface area contributed by atoms with Gasteiger partial charge in [0.2, 0.25) is 0 Å². The van der Waals surface area contributed by atoms with Gasteiger partial charge < -0.3 is 4.90 Å². The van der Waals surface area contributed by atoms with Crippen LogP contribution in [0.1, 0.15) is 34.3 Å². The van der Waals surface area contributed by atoms with Crippen LogP contribution in [0.5, 0.6) is 0 Å². The molecule has 0 fully saturated rings. The van der Waals surface area contributed by atoms with Crippen LogP contribution < -0.4 is 4.90 Å². The molecule has 2 nitrogen and oxygen atoms in total. The lowest BCUT2D eigenvalue weighted by Crippen LogP contribution is -2.32. The minimum Gasteiger partial charge on any atom is -0.308 e. The van der Waals surface area contributed by atoms with Crippen LogP contribution in [0.4, 0.5) is 5.69 Å². The van der Waals surface area contributed by atoms with Gasteiger partial charge in [-0.25, -0.2) is 0 Å². The first-order valence-corrected chi connectivity index (χ1v) is 8.60. The first-order chi connectivity index (χ1) is 10.6. The summed E-state index contributed by atoms with van der Waals surface area (Å²) in [4.78, 5) is 14.9. The van der Waals surface area contributed by atoms with Crippen molar-refractivity contribution in [3.05, 3.63) is 62.6 Å². The molecule has 1 aliphatic heterocycles. The Morgan fingerprint density at radius 3 is 2.77 bits per heavy atom. The van der Waals surface area contributed by atoms with Gasteiger partial charge in [-0.15, -0.1) is 0 Å². The van der Waals surface area contributed by atoms with Gasteiger partial charge in [-0.2, -0.15) is 0 Å². The van der Waals surface area contributed by atoms with Gasteiger partial charge >= 0.3 is 0 Å². The van der Waals surface area contributed by atoms with Gasteiger partial charge in [0.1, 0.15) is 0 Å². The van der Waals surface area contributed by atoms with E-state index in [4.69, 9.17) is 11.6 Å². The number of carbonyl (C=O) groups excluding carboxylic acids is 1. The molecular weight excluding hydrogens is 362 g/mol. The number of nitrogens with zero attached hydrogens (tertiary/aromatic N) is 1. The van der Waals surface area contributed by atoms with E-state index in [0.717, 1.165) is 57.7 Å². The zero-order chi connectivity index (χ0) is 15.7. The number of fused-ring (bicyclic) bond motifs is 1. The van der Waals surface area contributed by atoms with Crippen LogP contribution in [-0.2, 0) is 6.42 Å². The molecule has 0 bridgehead atoms. The van der Waals surface area contributed by atoms with E-state index < -0.39 is 0 Å². The molecule has 1 aliphatic rings. The summed E-state index contributed by atoms with van der Waals surface area (Å²) in [7, 11) is 0. The number of rotatable bonds is 1. The van der Waals surface area contributed by atoms with E-state index in [-0.39, 0.29) is 5.91 Å². The fraction of sp³-hybridized carbons (Fsp3) is 0.278. The Morgan fingerprint density at radius 1 is 1.18 bits per heavy atom. The lowest BCUT2D eigenvalue weighted by Gasteiger charge is -2.24. The van der Waals surface area contributed by atoms with Gasteiger partial charge in [0, 0.05) is 27.3 Å². The Kier molecular flexibility index (Phi) is 4.55. The minimum atomic E-state index is 0.0653. The highest BCUT2D eigenvalue weighted by Crippen LogP contribution is 2.30. The van der Waals surface area contributed by atoms with Crippen molar-refractivity contribution in [1.82, 2.24) is 0 Å². The van der Waals surface area contributed by atoms with Gasteiger partial charge in [-0.1, -0.05) is 27.5 Å². The second-order valence-electron chi connectivity index (χ2n) is 5.65. The van der Waals surface area contributed by atoms with Crippen molar-refractivity contribution in [2.75, 3.05) is 11.4 Å². The molecule has 2 aromatic carbocycles. The summed E-state index contributed by atoms with van der Waals surface area (Å²) in [5.41, 5.74) is 3.90. The summed E-state index contributed by atoms with van der Waals surface area (Å²) in [6.45, 7) is 2.72. The second-order valence-corrected chi connectivity index (χ2v) is 7.00. The molecule has 0 saturated carbocycles. The van der Waals surface area contributed by atoms with E-state index in [9.17, 15) is 4.79 Å². The van der Waals surface area contributed by atoms with Gasteiger partial charge in [-0.05, 0) is 73.7 Å². The van der Waals surface area contributed by atoms with Crippen molar-refractivity contribution >= 4 is 39.1 Å². The maximum absolute atomic E-state index is 13.0. The molecule has 4 heteroatoms. The number of carbonyl (C=O) groups is 1. The number of hydrogen-bond acceptors (Lipinski definition) is 1. The first kappa shape index (κ1) is 15.6. The highest BCUT2D eigenvalue weighted by Gasteiger charge is 2.23. The van der Waals surface area contributed by atoms with E-state index in [2.05, 4.69) is 15.9 Å². The van der Waals surface area contributed by atoms with Crippen LogP contribution in [0.15, 0.2) is 40.9 Å². The number of hydrogen-bond donors (Lipinski definition) is 0. The summed E-state index contributed by atoms with van der Waals surface area (Å²) in [5, 5.41) is 0.730. The van der Waals surface area contributed by atoms with Crippen LogP contribution >= 0.6 is 27.5 Å². The van der Waals surface area contributed by atoms with E-state index in [1.54, 1.807) is 0 Å². The maximum atomic E-state index is 13.0. The predicted octanol–water partition coefficient (Wildman–Crippen LogP) is 5.39. The topological polar surface area (TPSA) is 20.3 Å². The molecule has 22 heavy (non-hydrogen) atoms. The van der Waals surface area contributed by atoms with E-state index in [0.29, 0.717) is 0 Å². The third kappa shape index (κ3) is 3.06. The average Bonchev–Trinajstić information content (AvgIpc) is 2.68. The first-order valence-electron chi connectivity index (χ1n) is 7.43. The molecule has 3 rings (SSSR count). The fourth-order valence-corrected chi connectivity index (χ4v) is 3.62. The minimum absolute atomic E-state index is 0.0653. The monoisotopic (exact) mass is 377 g/mol. The van der Waals surface area contributed by atoms with E-state index in [1.807, 2.05) is 48.2 Å². The number of benzene rings is 2. The average molecular weight is 379 g/mol. The van der Waals surface area contributed by atoms with Gasteiger partial charge in [0.05, 0.1) is 0 Å². The SMILES string of the molecule is Cc1cc(Br)ccc1C(=O)N1CCCCc2cc(Cl)ccc21. The van der Waals surface area contributed by atoms with E-state index in [1.165, 1.54) is 0 Å². The molecule has 0 spiro atoms. The number of anilines is 1. The van der Waals surface area contributed by atoms with Crippen LogP contribution in [0.25, 0.3) is 0 Å². The standard InChI is InChI=1S/C18H17BrClNO/c1-12-10-14(19)5-7-16(12)18(22)21-9-3-2-4-13-11-15(20)6-8-17(13)21/h5-8,10-11H,2-4,9H2,1H3. The molecule has 2 aromatic rings. The molecule has 0 atom stereocenters. The summed E-state index contributed by atoms with van der Waals surface area (Å²) in [5.74, 6) is 0.0653. The molecule has 0 aliphatic carbocycles. The largest absolute Gasteiger partial charge is 0.308 e. The Bertz CT molecular complexity index is 729. The smallest absolute Gasteiger partial charge is 0.258 e. The van der Waals surface area contributed by atoms with Crippen LogP contribution in [0.2, 0.25) is 5.02 Å². The van der Waals surface area contributed by atoms with Gasteiger partial charge in [0.25, 0.3) is 5.91 Å². The lowest BCUT2D eigenvalue weighted by molar-refractivity contribution is 0.0986. The Morgan fingerprint density at radius 2 is 2.00 bits per heavy atom. The van der Waals surface area contributed by atoms with Crippen molar-refractivity contribution in [3.63, 3.8) is 0 Å². The Balaban J connectivity index is 2.02.